The molecule has 4 N–H and O–H groups in total. The van der Waals surface area contributed by atoms with Gasteiger partial charge in [-0.05, 0) is 24.3 Å². The molecule has 0 aliphatic carbocycles. The van der Waals surface area contributed by atoms with Crippen molar-refractivity contribution < 1.29 is 4.74 Å². The number of rotatable bonds is 2. The molecule has 0 bridgehead atoms. The van der Waals surface area contributed by atoms with Crippen LogP contribution in [0, 0.1) is 0 Å². The zero-order chi connectivity index (χ0) is 11.5. The first kappa shape index (κ1) is 10.7. The molecule has 0 unspecified atom stereocenters. The van der Waals surface area contributed by atoms with Crippen LogP contribution in [0.4, 0.5) is 11.8 Å². The molecule has 5 nitrogen and oxygen atoms in total. The summed E-state index contributed by atoms with van der Waals surface area (Å²) in [4.78, 5) is 7.65. The van der Waals surface area contributed by atoms with Crippen molar-refractivity contribution >= 4 is 27.7 Å². The van der Waals surface area contributed by atoms with Gasteiger partial charge in [0.1, 0.15) is 11.6 Å². The van der Waals surface area contributed by atoms with Gasteiger partial charge >= 0.3 is 0 Å². The zero-order valence-electron chi connectivity index (χ0n) is 8.22. The monoisotopic (exact) mass is 280 g/mol. The third kappa shape index (κ3) is 2.60. The summed E-state index contributed by atoms with van der Waals surface area (Å²) in [7, 11) is 0. The molecule has 2 aromatic rings. The lowest BCUT2D eigenvalue weighted by Crippen LogP contribution is -2.00. The highest BCUT2D eigenvalue weighted by molar-refractivity contribution is 9.10. The van der Waals surface area contributed by atoms with Crippen molar-refractivity contribution in [1.29, 1.82) is 0 Å². The van der Waals surface area contributed by atoms with E-state index in [0.29, 0.717) is 11.6 Å². The number of benzene rings is 1. The Balaban J connectivity index is 2.23. The molecule has 0 amide bonds. The molecule has 0 atom stereocenters. The summed E-state index contributed by atoms with van der Waals surface area (Å²) in [5.41, 5.74) is 11.0. The van der Waals surface area contributed by atoms with Crippen LogP contribution in [0.3, 0.4) is 0 Å². The summed E-state index contributed by atoms with van der Waals surface area (Å²) in [6, 6.07) is 8.85. The minimum absolute atomic E-state index is 0.0899. The van der Waals surface area contributed by atoms with E-state index in [1.165, 1.54) is 6.07 Å². The maximum Gasteiger partial charge on any atom is 0.226 e. The second-order valence-electron chi connectivity index (χ2n) is 3.05. The van der Waals surface area contributed by atoms with Crippen molar-refractivity contribution in [2.45, 2.75) is 0 Å². The number of nitrogen functional groups attached to an aromatic ring is 2. The van der Waals surface area contributed by atoms with Gasteiger partial charge in [0.15, 0.2) is 0 Å². The summed E-state index contributed by atoms with van der Waals surface area (Å²) in [5, 5.41) is 0. The Morgan fingerprint density at radius 1 is 1.06 bits per heavy atom. The zero-order valence-corrected chi connectivity index (χ0v) is 9.81. The number of nitrogens with zero attached hydrogens (tertiary/aromatic N) is 2. The molecule has 0 saturated heterocycles. The number of aromatic nitrogens is 2. The highest BCUT2D eigenvalue weighted by Crippen LogP contribution is 2.22. The first-order valence-electron chi connectivity index (χ1n) is 4.47. The van der Waals surface area contributed by atoms with E-state index < -0.39 is 0 Å². The third-order valence-electron chi connectivity index (χ3n) is 1.78. The molecule has 2 rings (SSSR count). The maximum absolute atomic E-state index is 5.52. The van der Waals surface area contributed by atoms with Crippen LogP contribution in [-0.4, -0.2) is 9.97 Å². The van der Waals surface area contributed by atoms with Gasteiger partial charge in [0, 0.05) is 10.5 Å². The second-order valence-corrected chi connectivity index (χ2v) is 3.96. The Kier molecular flexibility index (Phi) is 2.91. The number of ether oxygens (including phenoxy) is 1. The standard InChI is InChI=1S/C10H9BrN4O/c11-6-1-3-7(4-2-6)16-9-5-8(12)14-10(13)15-9/h1-5H,(H4,12,13,14,15). The Hall–Kier alpha value is -1.82. The topological polar surface area (TPSA) is 87.0 Å². The summed E-state index contributed by atoms with van der Waals surface area (Å²) < 4.78 is 6.44. The van der Waals surface area contributed by atoms with Crippen LogP contribution in [0.5, 0.6) is 11.6 Å². The number of nitrogens with two attached hydrogens (primary N) is 2. The lowest BCUT2D eigenvalue weighted by atomic mass is 10.3. The third-order valence-corrected chi connectivity index (χ3v) is 2.30. The lowest BCUT2D eigenvalue weighted by Gasteiger charge is -2.05. The van der Waals surface area contributed by atoms with E-state index in [2.05, 4.69) is 25.9 Å². The van der Waals surface area contributed by atoms with Crippen LogP contribution >= 0.6 is 15.9 Å². The Morgan fingerprint density at radius 3 is 2.38 bits per heavy atom. The van der Waals surface area contributed by atoms with E-state index in [1.807, 2.05) is 12.1 Å². The SMILES string of the molecule is Nc1cc(Oc2ccc(Br)cc2)nc(N)n1. The van der Waals surface area contributed by atoms with Gasteiger partial charge in [0.05, 0.1) is 0 Å². The first-order chi connectivity index (χ1) is 7.63. The number of hydrogen-bond acceptors (Lipinski definition) is 5. The van der Waals surface area contributed by atoms with Crippen LogP contribution in [0.25, 0.3) is 0 Å². The normalized spacial score (nSPS) is 10.1. The Bertz CT molecular complexity index is 480. The fraction of sp³-hybridized carbons (Fsp3) is 0. The van der Waals surface area contributed by atoms with Crippen LogP contribution < -0.4 is 16.2 Å². The molecule has 1 aromatic heterocycles. The fourth-order valence-corrected chi connectivity index (χ4v) is 1.40. The van der Waals surface area contributed by atoms with Gasteiger partial charge in [0.2, 0.25) is 11.8 Å². The van der Waals surface area contributed by atoms with Crippen molar-refractivity contribution in [3.8, 4) is 11.6 Å². The van der Waals surface area contributed by atoms with E-state index >= 15 is 0 Å². The quantitative estimate of drug-likeness (QED) is 0.881. The Morgan fingerprint density at radius 2 is 1.75 bits per heavy atom. The van der Waals surface area contributed by atoms with Gasteiger partial charge in [0.25, 0.3) is 0 Å². The van der Waals surface area contributed by atoms with E-state index in [-0.39, 0.29) is 11.8 Å². The second kappa shape index (κ2) is 4.36. The van der Waals surface area contributed by atoms with Crippen molar-refractivity contribution in [1.82, 2.24) is 9.97 Å². The van der Waals surface area contributed by atoms with Crippen molar-refractivity contribution in [3.63, 3.8) is 0 Å². The van der Waals surface area contributed by atoms with E-state index in [0.717, 1.165) is 4.47 Å². The average Bonchev–Trinajstić information content (AvgIpc) is 2.20. The number of hydrogen-bond donors (Lipinski definition) is 2. The molecular weight excluding hydrogens is 272 g/mol. The maximum atomic E-state index is 5.52. The van der Waals surface area contributed by atoms with Crippen LogP contribution in [0.15, 0.2) is 34.8 Å². The molecule has 6 heteroatoms. The molecule has 0 saturated carbocycles. The van der Waals surface area contributed by atoms with Crippen molar-refractivity contribution in [3.05, 3.63) is 34.8 Å². The van der Waals surface area contributed by atoms with Gasteiger partial charge in [-0.25, -0.2) is 0 Å². The highest BCUT2D eigenvalue weighted by Gasteiger charge is 2.02. The van der Waals surface area contributed by atoms with Gasteiger partial charge in [-0.2, -0.15) is 9.97 Å². The molecule has 82 valence electrons. The van der Waals surface area contributed by atoms with Crippen molar-refractivity contribution in [2.24, 2.45) is 0 Å². The largest absolute Gasteiger partial charge is 0.439 e. The minimum Gasteiger partial charge on any atom is -0.439 e. The van der Waals surface area contributed by atoms with Gasteiger partial charge in [-0.15, -0.1) is 0 Å². The van der Waals surface area contributed by atoms with E-state index in [1.54, 1.807) is 12.1 Å². The highest BCUT2D eigenvalue weighted by atomic mass is 79.9. The molecule has 0 aliphatic rings. The molecule has 0 fully saturated rings. The average molecular weight is 281 g/mol. The Labute approximate surface area is 101 Å². The van der Waals surface area contributed by atoms with Crippen LogP contribution in [0.1, 0.15) is 0 Å². The van der Waals surface area contributed by atoms with E-state index in [4.69, 9.17) is 16.2 Å². The van der Waals surface area contributed by atoms with Crippen molar-refractivity contribution in [2.75, 3.05) is 11.5 Å². The molecule has 1 heterocycles. The van der Waals surface area contributed by atoms with Crippen LogP contribution in [-0.2, 0) is 0 Å². The molecule has 0 radical (unpaired) electrons. The molecule has 0 spiro atoms. The minimum atomic E-state index is 0.0899. The fourth-order valence-electron chi connectivity index (χ4n) is 1.14. The summed E-state index contributed by atoms with van der Waals surface area (Å²) >= 11 is 3.33. The number of halogens is 1. The van der Waals surface area contributed by atoms with Gasteiger partial charge in [-0.3, -0.25) is 0 Å². The smallest absolute Gasteiger partial charge is 0.226 e. The first-order valence-corrected chi connectivity index (χ1v) is 5.26. The predicted molar refractivity (Wildman–Crippen MR) is 65.1 cm³/mol. The van der Waals surface area contributed by atoms with E-state index in [9.17, 15) is 0 Å². The van der Waals surface area contributed by atoms with Gasteiger partial charge in [-0.1, -0.05) is 15.9 Å². The molecular formula is C10H9BrN4O. The summed E-state index contributed by atoms with van der Waals surface area (Å²) in [6.45, 7) is 0. The number of anilines is 2. The van der Waals surface area contributed by atoms with Gasteiger partial charge < -0.3 is 16.2 Å². The molecule has 16 heavy (non-hydrogen) atoms. The molecule has 0 aliphatic heterocycles. The summed E-state index contributed by atoms with van der Waals surface area (Å²) in [6.07, 6.45) is 0. The lowest BCUT2D eigenvalue weighted by molar-refractivity contribution is 0.463. The summed E-state index contributed by atoms with van der Waals surface area (Å²) in [5.74, 6) is 1.35. The predicted octanol–water partition coefficient (Wildman–Crippen LogP) is 2.20. The molecule has 1 aromatic carbocycles. The van der Waals surface area contributed by atoms with Crippen LogP contribution in [0.2, 0.25) is 0 Å².